The zero-order valence-electron chi connectivity index (χ0n) is 7.16. The minimum absolute atomic E-state index is 0.201. The standard InChI is InChI=1S/C9H11FN2O/c10-8-7(2-1-5-12-8)9(3-4-9)6-13-11/h1-2,5H,3-4,6,11H2. The van der Waals surface area contributed by atoms with Crippen molar-refractivity contribution in [3.05, 3.63) is 29.8 Å². The Morgan fingerprint density at radius 3 is 2.92 bits per heavy atom. The fourth-order valence-electron chi connectivity index (χ4n) is 1.58. The van der Waals surface area contributed by atoms with Crippen molar-refractivity contribution in [1.29, 1.82) is 0 Å². The molecule has 1 aliphatic rings. The van der Waals surface area contributed by atoms with Crippen LogP contribution < -0.4 is 5.90 Å². The molecule has 0 spiro atoms. The van der Waals surface area contributed by atoms with Gasteiger partial charge in [0.05, 0.1) is 6.61 Å². The first-order valence-electron chi connectivity index (χ1n) is 4.21. The molecule has 4 heteroatoms. The van der Waals surface area contributed by atoms with Crippen LogP contribution in [0.15, 0.2) is 18.3 Å². The second-order valence-corrected chi connectivity index (χ2v) is 3.43. The topological polar surface area (TPSA) is 48.1 Å². The maximum atomic E-state index is 13.2. The molecule has 2 rings (SSSR count). The van der Waals surface area contributed by atoms with Crippen molar-refractivity contribution in [2.45, 2.75) is 18.3 Å². The highest BCUT2D eigenvalue weighted by Gasteiger charge is 2.46. The Morgan fingerprint density at radius 2 is 2.38 bits per heavy atom. The second-order valence-electron chi connectivity index (χ2n) is 3.43. The van der Waals surface area contributed by atoms with Gasteiger partial charge in [0.2, 0.25) is 5.95 Å². The average Bonchev–Trinajstić information content (AvgIpc) is 2.87. The number of nitrogens with zero attached hydrogens (tertiary/aromatic N) is 1. The van der Waals surface area contributed by atoms with Crippen LogP contribution in [0.25, 0.3) is 0 Å². The molecule has 1 fully saturated rings. The van der Waals surface area contributed by atoms with Crippen LogP contribution >= 0.6 is 0 Å². The molecule has 0 atom stereocenters. The summed E-state index contributed by atoms with van der Waals surface area (Å²) >= 11 is 0. The number of hydrogen-bond donors (Lipinski definition) is 1. The van der Waals surface area contributed by atoms with Crippen LogP contribution in [0.3, 0.4) is 0 Å². The summed E-state index contributed by atoms with van der Waals surface area (Å²) in [5, 5.41) is 0. The van der Waals surface area contributed by atoms with Crippen molar-refractivity contribution in [3.63, 3.8) is 0 Å². The lowest BCUT2D eigenvalue weighted by molar-refractivity contribution is 0.115. The number of hydrogen-bond acceptors (Lipinski definition) is 3. The Hall–Kier alpha value is -1.00. The van der Waals surface area contributed by atoms with Crippen LogP contribution in [-0.2, 0) is 10.3 Å². The Labute approximate surface area is 75.7 Å². The molecule has 1 heterocycles. The highest BCUT2D eigenvalue weighted by Crippen LogP contribution is 2.48. The molecule has 0 radical (unpaired) electrons. The lowest BCUT2D eigenvalue weighted by Crippen LogP contribution is -2.19. The van der Waals surface area contributed by atoms with Gasteiger partial charge in [0, 0.05) is 17.2 Å². The van der Waals surface area contributed by atoms with Crippen LogP contribution in [0.1, 0.15) is 18.4 Å². The molecule has 1 saturated carbocycles. The van der Waals surface area contributed by atoms with Gasteiger partial charge in [-0.2, -0.15) is 4.39 Å². The first-order chi connectivity index (χ1) is 6.28. The first kappa shape index (κ1) is 8.59. The summed E-state index contributed by atoms with van der Waals surface area (Å²) in [5.41, 5.74) is 0.424. The molecule has 2 N–H and O–H groups in total. The molecule has 0 unspecified atom stereocenters. The second kappa shape index (κ2) is 3.05. The third-order valence-electron chi connectivity index (χ3n) is 2.54. The highest BCUT2D eigenvalue weighted by molar-refractivity contribution is 5.29. The van der Waals surface area contributed by atoms with E-state index in [2.05, 4.69) is 9.82 Å². The van der Waals surface area contributed by atoms with E-state index in [0.29, 0.717) is 12.2 Å². The summed E-state index contributed by atoms with van der Waals surface area (Å²) in [6, 6.07) is 3.48. The van der Waals surface area contributed by atoms with Gasteiger partial charge in [-0.15, -0.1) is 0 Å². The van der Waals surface area contributed by atoms with Gasteiger partial charge in [-0.3, -0.25) is 0 Å². The smallest absolute Gasteiger partial charge is 0.216 e. The van der Waals surface area contributed by atoms with Crippen LogP contribution in [0.5, 0.6) is 0 Å². The lowest BCUT2D eigenvalue weighted by Gasteiger charge is -2.13. The minimum Gasteiger partial charge on any atom is -0.304 e. The van der Waals surface area contributed by atoms with E-state index in [-0.39, 0.29) is 5.41 Å². The van der Waals surface area contributed by atoms with Gasteiger partial charge >= 0.3 is 0 Å². The summed E-state index contributed by atoms with van der Waals surface area (Å²) in [7, 11) is 0. The van der Waals surface area contributed by atoms with Crippen molar-refractivity contribution in [1.82, 2.24) is 4.98 Å². The summed E-state index contributed by atoms with van der Waals surface area (Å²) < 4.78 is 13.2. The molecule has 0 amide bonds. The summed E-state index contributed by atoms with van der Waals surface area (Å²) in [4.78, 5) is 8.19. The number of aromatic nitrogens is 1. The van der Waals surface area contributed by atoms with E-state index < -0.39 is 5.95 Å². The predicted molar refractivity (Wildman–Crippen MR) is 45.2 cm³/mol. The van der Waals surface area contributed by atoms with Crippen molar-refractivity contribution in [2.24, 2.45) is 5.90 Å². The van der Waals surface area contributed by atoms with Gasteiger partial charge in [0.1, 0.15) is 0 Å². The van der Waals surface area contributed by atoms with Crippen molar-refractivity contribution in [2.75, 3.05) is 6.61 Å². The van der Waals surface area contributed by atoms with Gasteiger partial charge in [-0.25, -0.2) is 10.9 Å². The molecule has 0 aromatic carbocycles. The number of pyridine rings is 1. The van der Waals surface area contributed by atoms with Crippen molar-refractivity contribution in [3.8, 4) is 0 Å². The molecular formula is C9H11FN2O. The van der Waals surface area contributed by atoms with Crippen molar-refractivity contribution < 1.29 is 9.23 Å². The Kier molecular flexibility index (Phi) is 2.01. The molecule has 70 valence electrons. The van der Waals surface area contributed by atoms with E-state index in [1.807, 2.05) is 0 Å². The molecule has 0 aliphatic heterocycles. The third kappa shape index (κ3) is 1.43. The van der Waals surface area contributed by atoms with Crippen LogP contribution in [0, 0.1) is 5.95 Å². The van der Waals surface area contributed by atoms with Gasteiger partial charge in [0.25, 0.3) is 0 Å². The zero-order valence-corrected chi connectivity index (χ0v) is 7.16. The first-order valence-corrected chi connectivity index (χ1v) is 4.21. The fraction of sp³-hybridized carbons (Fsp3) is 0.444. The molecular weight excluding hydrogens is 171 g/mol. The van der Waals surface area contributed by atoms with Crippen LogP contribution in [0.2, 0.25) is 0 Å². The largest absolute Gasteiger partial charge is 0.304 e. The summed E-state index contributed by atoms with van der Waals surface area (Å²) in [6.45, 7) is 0.371. The maximum absolute atomic E-state index is 13.2. The van der Waals surface area contributed by atoms with E-state index in [0.717, 1.165) is 12.8 Å². The summed E-state index contributed by atoms with van der Waals surface area (Å²) in [5.74, 6) is 4.59. The van der Waals surface area contributed by atoms with Gasteiger partial charge in [-0.1, -0.05) is 6.07 Å². The fourth-order valence-corrected chi connectivity index (χ4v) is 1.58. The van der Waals surface area contributed by atoms with E-state index in [1.165, 1.54) is 6.20 Å². The Morgan fingerprint density at radius 1 is 1.62 bits per heavy atom. The summed E-state index contributed by atoms with van der Waals surface area (Å²) in [6.07, 6.45) is 3.29. The monoisotopic (exact) mass is 182 g/mol. The van der Waals surface area contributed by atoms with Crippen LogP contribution in [0.4, 0.5) is 4.39 Å². The van der Waals surface area contributed by atoms with Gasteiger partial charge in [0.15, 0.2) is 0 Å². The van der Waals surface area contributed by atoms with Crippen molar-refractivity contribution >= 4 is 0 Å². The Bertz CT molecular complexity index is 312. The molecule has 0 saturated heterocycles. The average molecular weight is 182 g/mol. The van der Waals surface area contributed by atoms with Gasteiger partial charge in [-0.05, 0) is 18.9 Å². The molecule has 13 heavy (non-hydrogen) atoms. The van der Waals surface area contributed by atoms with Crippen LogP contribution in [-0.4, -0.2) is 11.6 Å². The quantitative estimate of drug-likeness (QED) is 0.563. The van der Waals surface area contributed by atoms with Gasteiger partial charge < -0.3 is 4.84 Å². The third-order valence-corrected chi connectivity index (χ3v) is 2.54. The number of halogens is 1. The van der Waals surface area contributed by atoms with E-state index in [9.17, 15) is 4.39 Å². The Balaban J connectivity index is 2.30. The molecule has 1 aliphatic carbocycles. The normalized spacial score (nSPS) is 18.6. The molecule has 0 bridgehead atoms. The lowest BCUT2D eigenvalue weighted by atomic mass is 9.99. The molecule has 1 aromatic heterocycles. The van der Waals surface area contributed by atoms with E-state index >= 15 is 0 Å². The molecule has 3 nitrogen and oxygen atoms in total. The van der Waals surface area contributed by atoms with E-state index in [4.69, 9.17) is 5.90 Å². The maximum Gasteiger partial charge on any atom is 0.216 e. The zero-order chi connectivity index (χ0) is 9.31. The SMILES string of the molecule is NOCC1(c2cccnc2F)CC1. The number of rotatable bonds is 3. The van der Waals surface area contributed by atoms with E-state index in [1.54, 1.807) is 12.1 Å². The number of nitrogens with two attached hydrogens (primary N) is 1. The molecule has 1 aromatic rings. The highest BCUT2D eigenvalue weighted by atomic mass is 19.1. The predicted octanol–water partition coefficient (Wildman–Crippen LogP) is 1.14. The minimum atomic E-state index is -0.406.